The van der Waals surface area contributed by atoms with Crippen molar-refractivity contribution in [2.24, 2.45) is 45.3 Å². The van der Waals surface area contributed by atoms with Crippen LogP contribution in [-0.2, 0) is 47.4 Å². The monoisotopic (exact) mass is 1120 g/mol. The number of ether oxygens (including phenoxy) is 9. The molecule has 13 N–H and O–H groups in total. The zero-order chi connectivity index (χ0) is 57.4. The van der Waals surface area contributed by atoms with Crippen LogP contribution in [-0.4, -0.2) is 233 Å². The van der Waals surface area contributed by atoms with E-state index in [1.807, 2.05) is 20.8 Å². The van der Waals surface area contributed by atoms with E-state index in [1.54, 1.807) is 0 Å². The standard InChI is InChI=1S/C55H92O23/c1-24(2)11-10-15-55(9,78-50-46(42(67)37(62)29(21-57)73-50)77-47-43(68)38(63)30(22-58)71-47)26-12-17-54(8)35(26)27(60)19-33-52(6)16-14-34(51(4,5)32(52)13-18-53(33,54)7)75-49-45(41(66)36(61)28(20-56)72-49)76-48-44(69)40(65)39(64)31(74-48)23-70-25(3)59/h11,26-50,56-58,60-69H,10,12-23H2,1-9H3/t26-,27+,28+,29+,30-,31+,32-,33+,34-,35-,36+,37+,38-,39+,40-,41-,42-,43+,44+,45+,46+,47-,48-,49-,50-,52-,53+,54+,55-/m0/s1. The van der Waals surface area contributed by atoms with E-state index in [-0.39, 0.29) is 34.5 Å². The minimum absolute atomic E-state index is 0.0242. The van der Waals surface area contributed by atoms with E-state index < -0.39 is 178 Å². The molecule has 450 valence electrons. The second kappa shape index (κ2) is 23.8. The van der Waals surface area contributed by atoms with E-state index >= 15 is 0 Å². The van der Waals surface area contributed by atoms with E-state index in [2.05, 4.69) is 40.7 Å². The van der Waals surface area contributed by atoms with Crippen molar-refractivity contribution in [1.82, 2.24) is 0 Å². The van der Waals surface area contributed by atoms with Gasteiger partial charge in [0, 0.05) is 6.92 Å². The van der Waals surface area contributed by atoms with Crippen LogP contribution in [0.25, 0.3) is 0 Å². The number of rotatable bonds is 17. The van der Waals surface area contributed by atoms with Crippen LogP contribution in [0.4, 0.5) is 0 Å². The van der Waals surface area contributed by atoms with E-state index in [9.17, 15) is 71.2 Å². The van der Waals surface area contributed by atoms with Crippen LogP contribution < -0.4 is 0 Å². The summed E-state index contributed by atoms with van der Waals surface area (Å²) in [6.07, 6.45) is -23.0. The Labute approximate surface area is 456 Å². The van der Waals surface area contributed by atoms with E-state index in [0.29, 0.717) is 38.5 Å². The summed E-state index contributed by atoms with van der Waals surface area (Å²) in [5, 5.41) is 142. The highest BCUT2D eigenvalue weighted by Crippen LogP contribution is 2.76. The smallest absolute Gasteiger partial charge is 0.302 e. The highest BCUT2D eigenvalue weighted by molar-refractivity contribution is 5.65. The van der Waals surface area contributed by atoms with Crippen LogP contribution in [0.15, 0.2) is 11.6 Å². The number of carbonyl (C=O) groups excluding carboxylic acids is 1. The van der Waals surface area contributed by atoms with E-state index in [1.165, 1.54) is 0 Å². The maximum Gasteiger partial charge on any atom is 0.302 e. The summed E-state index contributed by atoms with van der Waals surface area (Å²) in [4.78, 5) is 11.6. The van der Waals surface area contributed by atoms with Gasteiger partial charge in [-0.3, -0.25) is 4.79 Å². The first kappa shape index (κ1) is 62.4. The Morgan fingerprint density at radius 1 is 0.577 bits per heavy atom. The second-order valence-corrected chi connectivity index (χ2v) is 25.8. The third-order valence-corrected chi connectivity index (χ3v) is 20.8. The molecule has 23 nitrogen and oxygen atoms in total. The molecule has 0 radical (unpaired) electrons. The average molecular weight is 1120 g/mol. The fraction of sp³-hybridized carbons (Fsp3) is 0.945. The SMILES string of the molecule is CC(=O)OC[C@H]1O[C@@H](O[C@H]2[C@H](O[C@H]3CC[C@]4(C)[C@H]5C[C@@H](O)[C@@H]6[C@@H]([C@](C)(CCC=C(C)C)O[C@@H]7O[C@H](CO)[C@@H](O)[C@H](O)[C@H]7O[C@@H]7O[C@@H](CO)[C@H](O)[C@H]7O)CC[C@@]6(C)[C@]5(C)CC[C@H]4C3(C)C)O[C@H](CO)[C@@H](O)[C@@H]2O)[C@H](O)[C@@H](O)[C@@H]1O. The molecule has 4 aliphatic heterocycles. The molecular weight excluding hydrogens is 1030 g/mol. The fourth-order valence-electron chi connectivity index (χ4n) is 16.3. The third-order valence-electron chi connectivity index (χ3n) is 20.8. The Morgan fingerprint density at radius 2 is 1.08 bits per heavy atom. The van der Waals surface area contributed by atoms with Crippen molar-refractivity contribution < 1.29 is 114 Å². The molecule has 4 heterocycles. The van der Waals surface area contributed by atoms with Gasteiger partial charge in [-0.05, 0) is 124 Å². The van der Waals surface area contributed by atoms with Crippen LogP contribution >= 0.6 is 0 Å². The molecule has 0 aromatic carbocycles. The number of hydrogen-bond donors (Lipinski definition) is 13. The molecule has 8 rings (SSSR count). The Hall–Kier alpha value is -1.63. The third kappa shape index (κ3) is 11.0. The normalized spacial score (nSPS) is 50.9. The van der Waals surface area contributed by atoms with Crippen molar-refractivity contribution in [2.75, 3.05) is 26.4 Å². The predicted octanol–water partition coefficient (Wildman–Crippen LogP) is -0.993. The Bertz CT molecular complexity index is 2060. The van der Waals surface area contributed by atoms with Gasteiger partial charge in [0.2, 0.25) is 0 Å². The first-order valence-corrected chi connectivity index (χ1v) is 28.2. The number of aliphatic hydroxyl groups excluding tert-OH is 13. The molecule has 8 aliphatic rings. The van der Waals surface area contributed by atoms with Crippen LogP contribution in [0, 0.1) is 45.3 Å². The molecule has 4 aliphatic carbocycles. The molecular formula is C55H92O23. The van der Waals surface area contributed by atoms with Gasteiger partial charge in [-0.25, -0.2) is 0 Å². The van der Waals surface area contributed by atoms with Gasteiger partial charge in [0.1, 0.15) is 98.2 Å². The first-order chi connectivity index (χ1) is 36.5. The largest absolute Gasteiger partial charge is 0.463 e. The van der Waals surface area contributed by atoms with Gasteiger partial charge in [-0.1, -0.05) is 46.3 Å². The van der Waals surface area contributed by atoms with Gasteiger partial charge in [0.25, 0.3) is 0 Å². The molecule has 4 saturated carbocycles. The average Bonchev–Trinajstić information content (AvgIpc) is 3.67. The van der Waals surface area contributed by atoms with E-state index in [0.717, 1.165) is 31.8 Å². The highest BCUT2D eigenvalue weighted by atomic mass is 16.8. The molecule has 23 heteroatoms. The fourth-order valence-corrected chi connectivity index (χ4v) is 16.3. The van der Waals surface area contributed by atoms with Crippen molar-refractivity contribution >= 4 is 5.97 Å². The number of carbonyl (C=O) groups is 1. The summed E-state index contributed by atoms with van der Waals surface area (Å²) < 4.78 is 54.9. The molecule has 0 aromatic rings. The van der Waals surface area contributed by atoms with Gasteiger partial charge < -0.3 is 109 Å². The molecule has 0 unspecified atom stereocenters. The van der Waals surface area contributed by atoms with Gasteiger partial charge in [-0.15, -0.1) is 0 Å². The lowest BCUT2D eigenvalue weighted by molar-refractivity contribution is -0.378. The molecule has 29 atom stereocenters. The zero-order valence-electron chi connectivity index (χ0n) is 46.6. The quantitative estimate of drug-likeness (QED) is 0.0472. The number of allylic oxidation sites excluding steroid dienone is 2. The summed E-state index contributed by atoms with van der Waals surface area (Å²) >= 11 is 0. The Balaban J connectivity index is 1.04. The molecule has 4 saturated heterocycles. The predicted molar refractivity (Wildman–Crippen MR) is 270 cm³/mol. The van der Waals surface area contributed by atoms with Crippen molar-refractivity contribution in [3.05, 3.63) is 11.6 Å². The van der Waals surface area contributed by atoms with E-state index in [4.69, 9.17) is 42.6 Å². The Kier molecular flexibility index (Phi) is 19.0. The topological polar surface area (TPSA) is 363 Å². The second-order valence-electron chi connectivity index (χ2n) is 25.8. The summed E-state index contributed by atoms with van der Waals surface area (Å²) in [7, 11) is 0. The van der Waals surface area contributed by atoms with Gasteiger partial charge >= 0.3 is 5.97 Å². The molecule has 0 bridgehead atoms. The zero-order valence-corrected chi connectivity index (χ0v) is 46.6. The first-order valence-electron chi connectivity index (χ1n) is 28.2. The summed E-state index contributed by atoms with van der Waals surface area (Å²) in [5.41, 5.74) is -1.65. The molecule has 78 heavy (non-hydrogen) atoms. The van der Waals surface area contributed by atoms with Gasteiger partial charge in [0.15, 0.2) is 25.2 Å². The molecule has 8 fully saturated rings. The Morgan fingerprint density at radius 3 is 1.64 bits per heavy atom. The van der Waals surface area contributed by atoms with Crippen LogP contribution in [0.2, 0.25) is 0 Å². The minimum Gasteiger partial charge on any atom is -0.463 e. The van der Waals surface area contributed by atoms with Crippen LogP contribution in [0.3, 0.4) is 0 Å². The molecule has 0 aromatic heterocycles. The summed E-state index contributed by atoms with van der Waals surface area (Å²) in [5.74, 6) is -1.20. The number of esters is 1. The summed E-state index contributed by atoms with van der Waals surface area (Å²) in [6, 6.07) is 0. The van der Waals surface area contributed by atoms with Crippen LogP contribution in [0.1, 0.15) is 120 Å². The maximum absolute atomic E-state index is 12.9. The van der Waals surface area contributed by atoms with Crippen molar-refractivity contribution in [3.63, 3.8) is 0 Å². The lowest BCUT2D eigenvalue weighted by Crippen LogP contribution is -2.68. The maximum atomic E-state index is 12.9. The van der Waals surface area contributed by atoms with Gasteiger partial charge in [0.05, 0.1) is 37.6 Å². The molecule has 0 spiro atoms. The van der Waals surface area contributed by atoms with Gasteiger partial charge in [-0.2, -0.15) is 0 Å². The minimum atomic E-state index is -1.85. The molecule has 0 amide bonds. The van der Waals surface area contributed by atoms with Crippen molar-refractivity contribution in [1.29, 1.82) is 0 Å². The summed E-state index contributed by atoms with van der Waals surface area (Å²) in [6.45, 7) is 15.9. The highest BCUT2D eigenvalue weighted by Gasteiger charge is 2.72. The van der Waals surface area contributed by atoms with Crippen molar-refractivity contribution in [3.8, 4) is 0 Å². The number of aliphatic hydroxyl groups is 13. The number of fused-ring (bicyclic) bond motifs is 5. The number of hydrogen-bond acceptors (Lipinski definition) is 23. The van der Waals surface area contributed by atoms with Crippen LogP contribution in [0.5, 0.6) is 0 Å². The lowest BCUT2D eigenvalue weighted by Gasteiger charge is -2.71. The van der Waals surface area contributed by atoms with Crippen molar-refractivity contribution in [2.45, 2.75) is 255 Å². The lowest BCUT2D eigenvalue weighted by atomic mass is 9.35.